The molecule has 1 aliphatic rings. The number of amides is 1. The van der Waals surface area contributed by atoms with Crippen LogP contribution in [0, 0.1) is 10.1 Å². The van der Waals surface area contributed by atoms with Crippen LogP contribution in [0.3, 0.4) is 0 Å². The molecule has 0 radical (unpaired) electrons. The average molecular weight is 302 g/mol. The van der Waals surface area contributed by atoms with Crippen LogP contribution in [0.2, 0.25) is 0 Å². The number of fused-ring (bicyclic) bond motifs is 1. The molecule has 1 unspecified atom stereocenters. The van der Waals surface area contributed by atoms with Gasteiger partial charge in [-0.1, -0.05) is 18.2 Å². The van der Waals surface area contributed by atoms with Crippen LogP contribution in [-0.2, 0) is 17.9 Å². The molecule has 0 spiro atoms. The van der Waals surface area contributed by atoms with Crippen molar-refractivity contribution >= 4 is 23.0 Å². The third-order valence-electron chi connectivity index (χ3n) is 3.21. The highest BCUT2D eigenvalue weighted by molar-refractivity contribution is 7.90. The van der Waals surface area contributed by atoms with Gasteiger partial charge in [0.1, 0.15) is 11.4 Å². The lowest BCUT2D eigenvalue weighted by atomic mass is 10.2. The summed E-state index contributed by atoms with van der Waals surface area (Å²) in [6.45, 7) is 0.188. The fraction of sp³-hybridized carbons (Fsp3) is 0.0714. The number of hydrogen-bond donors (Lipinski definition) is 0. The Kier molecular flexibility index (Phi) is 3.36. The molecule has 6 nitrogen and oxygen atoms in total. The highest BCUT2D eigenvalue weighted by atomic mass is 32.2. The maximum absolute atomic E-state index is 12.4. The van der Waals surface area contributed by atoms with E-state index < -0.39 is 16.3 Å². The van der Waals surface area contributed by atoms with Crippen LogP contribution in [0.1, 0.15) is 15.9 Å². The van der Waals surface area contributed by atoms with Gasteiger partial charge in [-0.15, -0.1) is 4.31 Å². The number of carbonyl (C=O) groups is 1. The SMILES string of the molecule is O=C(c1ccccc1)N1Cc2ccc([N+](=O)[O-])cc2[S+]1[O-]. The van der Waals surface area contributed by atoms with Gasteiger partial charge in [0, 0.05) is 17.2 Å². The Morgan fingerprint density at radius 1 is 1.19 bits per heavy atom. The van der Waals surface area contributed by atoms with E-state index in [1.165, 1.54) is 16.4 Å². The van der Waals surface area contributed by atoms with Gasteiger partial charge in [-0.05, 0) is 18.2 Å². The number of benzene rings is 2. The molecule has 1 heterocycles. The predicted molar refractivity (Wildman–Crippen MR) is 75.8 cm³/mol. The Morgan fingerprint density at radius 2 is 1.90 bits per heavy atom. The molecule has 1 atom stereocenters. The first kappa shape index (κ1) is 13.6. The van der Waals surface area contributed by atoms with E-state index in [0.29, 0.717) is 16.0 Å². The van der Waals surface area contributed by atoms with Crippen LogP contribution in [0.5, 0.6) is 0 Å². The molecule has 21 heavy (non-hydrogen) atoms. The summed E-state index contributed by atoms with van der Waals surface area (Å²) in [4.78, 5) is 22.9. The molecular formula is C14H10N2O4S. The number of non-ortho nitro benzene ring substituents is 1. The first-order chi connectivity index (χ1) is 10.1. The van der Waals surface area contributed by atoms with Gasteiger partial charge in [0.15, 0.2) is 4.90 Å². The van der Waals surface area contributed by atoms with E-state index in [0.717, 1.165) is 0 Å². The van der Waals surface area contributed by atoms with Crippen molar-refractivity contribution in [2.24, 2.45) is 0 Å². The monoisotopic (exact) mass is 302 g/mol. The van der Waals surface area contributed by atoms with Crippen LogP contribution >= 0.6 is 0 Å². The summed E-state index contributed by atoms with van der Waals surface area (Å²) in [6, 6.07) is 12.7. The van der Waals surface area contributed by atoms with Crippen LogP contribution < -0.4 is 0 Å². The van der Waals surface area contributed by atoms with Crippen molar-refractivity contribution in [3.63, 3.8) is 0 Å². The van der Waals surface area contributed by atoms with E-state index in [2.05, 4.69) is 0 Å². The molecule has 0 N–H and O–H groups in total. The third kappa shape index (κ3) is 2.37. The molecule has 0 saturated heterocycles. The highest BCUT2D eigenvalue weighted by Gasteiger charge is 2.39. The second-order valence-electron chi connectivity index (χ2n) is 4.51. The minimum atomic E-state index is -1.71. The van der Waals surface area contributed by atoms with Crippen molar-refractivity contribution in [2.75, 3.05) is 0 Å². The fourth-order valence-electron chi connectivity index (χ4n) is 2.15. The number of nitro benzene ring substituents is 1. The lowest BCUT2D eigenvalue weighted by Gasteiger charge is -2.16. The van der Waals surface area contributed by atoms with Crippen LogP contribution in [-0.4, -0.2) is 19.7 Å². The smallest absolute Gasteiger partial charge is 0.295 e. The zero-order chi connectivity index (χ0) is 15.0. The maximum atomic E-state index is 12.4. The van der Waals surface area contributed by atoms with Gasteiger partial charge in [-0.3, -0.25) is 14.9 Å². The first-order valence-corrected chi connectivity index (χ1v) is 7.25. The fourth-order valence-corrected chi connectivity index (χ4v) is 3.48. The number of nitro groups is 1. The van der Waals surface area contributed by atoms with Gasteiger partial charge in [-0.25, -0.2) is 0 Å². The Hall–Kier alpha value is -2.38. The average Bonchev–Trinajstić information content (AvgIpc) is 2.84. The molecule has 0 saturated carbocycles. The quantitative estimate of drug-likeness (QED) is 0.484. The summed E-state index contributed by atoms with van der Waals surface area (Å²) in [5, 5.41) is 10.8. The summed E-state index contributed by atoms with van der Waals surface area (Å²) >= 11 is -1.71. The van der Waals surface area contributed by atoms with E-state index in [-0.39, 0.29) is 18.1 Å². The van der Waals surface area contributed by atoms with Crippen LogP contribution in [0.4, 0.5) is 5.69 Å². The van der Waals surface area contributed by atoms with Crippen molar-refractivity contribution in [1.29, 1.82) is 0 Å². The Morgan fingerprint density at radius 3 is 2.57 bits per heavy atom. The maximum Gasteiger partial charge on any atom is 0.295 e. The molecule has 1 amide bonds. The summed E-state index contributed by atoms with van der Waals surface area (Å²) in [6.07, 6.45) is 0. The Balaban J connectivity index is 1.92. The second kappa shape index (κ2) is 5.19. The molecule has 0 bridgehead atoms. The summed E-state index contributed by atoms with van der Waals surface area (Å²) in [7, 11) is 0. The van der Waals surface area contributed by atoms with Crippen molar-refractivity contribution in [3.05, 3.63) is 69.8 Å². The van der Waals surface area contributed by atoms with Gasteiger partial charge in [0.05, 0.1) is 17.5 Å². The Labute approximate surface area is 123 Å². The molecule has 2 aromatic rings. The van der Waals surface area contributed by atoms with E-state index in [1.54, 1.807) is 36.4 Å². The highest BCUT2D eigenvalue weighted by Crippen LogP contribution is 2.33. The number of carbonyl (C=O) groups excluding carboxylic acids is 1. The minimum absolute atomic E-state index is 0.129. The van der Waals surface area contributed by atoms with Gasteiger partial charge in [-0.2, -0.15) is 0 Å². The van der Waals surface area contributed by atoms with E-state index in [4.69, 9.17) is 0 Å². The normalized spacial score (nSPS) is 16.6. The standard InChI is InChI=1S/C14H10N2O4S/c17-14(10-4-2-1-3-5-10)15-9-11-6-7-12(16(18)19)8-13(11)21(15)20/h1-8H,9H2. The van der Waals surface area contributed by atoms with Crippen molar-refractivity contribution in [2.45, 2.75) is 11.4 Å². The molecule has 2 aromatic carbocycles. The number of rotatable bonds is 2. The largest absolute Gasteiger partial charge is 0.588 e. The van der Waals surface area contributed by atoms with Crippen molar-refractivity contribution in [3.8, 4) is 0 Å². The lowest BCUT2D eigenvalue weighted by Crippen LogP contribution is -2.31. The molecule has 3 rings (SSSR count). The molecule has 0 aromatic heterocycles. The van der Waals surface area contributed by atoms with Gasteiger partial charge in [0.25, 0.3) is 11.6 Å². The van der Waals surface area contributed by atoms with Crippen molar-refractivity contribution in [1.82, 2.24) is 4.31 Å². The van der Waals surface area contributed by atoms with Gasteiger partial charge >= 0.3 is 0 Å². The summed E-state index contributed by atoms with van der Waals surface area (Å²) in [5.41, 5.74) is 0.979. The number of hydrogen-bond acceptors (Lipinski definition) is 4. The molecular weight excluding hydrogens is 292 g/mol. The van der Waals surface area contributed by atoms with Crippen LogP contribution in [0.15, 0.2) is 53.4 Å². The predicted octanol–water partition coefficient (Wildman–Crippen LogP) is 2.27. The molecule has 7 heteroatoms. The zero-order valence-electron chi connectivity index (χ0n) is 10.8. The van der Waals surface area contributed by atoms with E-state index in [1.807, 2.05) is 0 Å². The number of nitrogens with zero attached hydrogens (tertiary/aromatic N) is 2. The lowest BCUT2D eigenvalue weighted by molar-refractivity contribution is -0.385. The third-order valence-corrected chi connectivity index (χ3v) is 4.66. The van der Waals surface area contributed by atoms with Crippen molar-refractivity contribution < 1.29 is 14.3 Å². The van der Waals surface area contributed by atoms with Crippen LogP contribution in [0.25, 0.3) is 0 Å². The molecule has 0 aliphatic carbocycles. The molecule has 106 valence electrons. The first-order valence-electron chi connectivity index (χ1n) is 6.14. The second-order valence-corrected chi connectivity index (χ2v) is 5.88. The van der Waals surface area contributed by atoms with E-state index in [9.17, 15) is 19.5 Å². The van der Waals surface area contributed by atoms with Gasteiger partial charge < -0.3 is 4.55 Å². The molecule has 1 aliphatic heterocycles. The summed E-state index contributed by atoms with van der Waals surface area (Å²) in [5.74, 6) is -0.354. The topological polar surface area (TPSA) is 86.5 Å². The zero-order valence-corrected chi connectivity index (χ0v) is 11.6. The van der Waals surface area contributed by atoms with E-state index >= 15 is 0 Å². The van der Waals surface area contributed by atoms with Gasteiger partial charge in [0.2, 0.25) is 0 Å². The minimum Gasteiger partial charge on any atom is -0.588 e. The summed E-state index contributed by atoms with van der Waals surface area (Å²) < 4.78 is 13.6. The Bertz CT molecular complexity index is 720. The molecule has 0 fully saturated rings.